The van der Waals surface area contributed by atoms with Crippen LogP contribution in [0, 0.1) is 0 Å². The molecule has 0 amide bonds. The highest BCUT2D eigenvalue weighted by Gasteiger charge is 2.08. The van der Waals surface area contributed by atoms with Crippen molar-refractivity contribution in [3.05, 3.63) is 28.2 Å². The summed E-state index contributed by atoms with van der Waals surface area (Å²) < 4.78 is 1.05. The molecular weight excluding hydrogens is 268 g/mol. The zero-order chi connectivity index (χ0) is 12.0. The maximum absolute atomic E-state index is 8.87. The summed E-state index contributed by atoms with van der Waals surface area (Å²) in [6.07, 6.45) is 0.786. The van der Waals surface area contributed by atoms with Gasteiger partial charge in [0.25, 0.3) is 0 Å². The van der Waals surface area contributed by atoms with Crippen LogP contribution in [0.15, 0.2) is 22.7 Å². The van der Waals surface area contributed by atoms with Crippen molar-refractivity contribution in [3.63, 3.8) is 0 Å². The van der Waals surface area contributed by atoms with Crippen LogP contribution in [-0.2, 0) is 6.54 Å². The molecule has 0 spiro atoms. The summed E-state index contributed by atoms with van der Waals surface area (Å²) >= 11 is 3.45. The van der Waals surface area contributed by atoms with E-state index in [1.54, 1.807) is 0 Å². The maximum Gasteiger partial charge on any atom is 0.0447 e. The number of rotatable bonds is 6. The lowest BCUT2D eigenvalue weighted by atomic mass is 10.1. The van der Waals surface area contributed by atoms with E-state index in [-0.39, 0.29) is 6.61 Å². The fourth-order valence-corrected chi connectivity index (χ4v) is 2.15. The molecular formula is C12H19BrN2O. The molecule has 4 heteroatoms. The van der Waals surface area contributed by atoms with Gasteiger partial charge in [0.1, 0.15) is 0 Å². The first-order valence-corrected chi connectivity index (χ1v) is 6.36. The van der Waals surface area contributed by atoms with Crippen molar-refractivity contribution in [2.45, 2.75) is 19.9 Å². The molecule has 0 aromatic heterocycles. The lowest BCUT2D eigenvalue weighted by Gasteiger charge is -2.25. The number of aliphatic hydroxyl groups excluding tert-OH is 1. The zero-order valence-electron chi connectivity index (χ0n) is 9.62. The summed E-state index contributed by atoms with van der Waals surface area (Å²) in [5, 5.41) is 8.87. The Bertz CT molecular complexity index is 331. The first-order chi connectivity index (χ1) is 7.72. The molecule has 0 saturated heterocycles. The number of nitrogens with zero attached hydrogens (tertiary/aromatic N) is 1. The summed E-state index contributed by atoms with van der Waals surface area (Å²) in [5.41, 5.74) is 8.05. The van der Waals surface area contributed by atoms with E-state index in [4.69, 9.17) is 10.8 Å². The van der Waals surface area contributed by atoms with Gasteiger partial charge in [-0.1, -0.05) is 15.9 Å². The van der Waals surface area contributed by atoms with Gasteiger partial charge in [-0.2, -0.15) is 0 Å². The quantitative estimate of drug-likeness (QED) is 0.842. The molecule has 3 N–H and O–H groups in total. The molecule has 0 saturated carbocycles. The van der Waals surface area contributed by atoms with E-state index in [1.165, 1.54) is 5.69 Å². The van der Waals surface area contributed by atoms with Gasteiger partial charge in [-0.3, -0.25) is 0 Å². The first-order valence-electron chi connectivity index (χ1n) is 5.57. The smallest absolute Gasteiger partial charge is 0.0447 e. The van der Waals surface area contributed by atoms with E-state index in [2.05, 4.69) is 39.9 Å². The Balaban J connectivity index is 2.90. The molecule has 3 nitrogen and oxygen atoms in total. The highest BCUT2D eigenvalue weighted by Crippen LogP contribution is 2.24. The van der Waals surface area contributed by atoms with Crippen molar-refractivity contribution < 1.29 is 5.11 Å². The molecule has 1 rings (SSSR count). The van der Waals surface area contributed by atoms with Gasteiger partial charge in [-0.25, -0.2) is 0 Å². The number of anilines is 1. The summed E-state index contributed by atoms with van der Waals surface area (Å²) in [6, 6.07) is 6.15. The molecule has 0 aliphatic carbocycles. The number of benzene rings is 1. The molecule has 1 aromatic carbocycles. The normalized spacial score (nSPS) is 10.5. The molecule has 0 fully saturated rings. The third kappa shape index (κ3) is 3.47. The Morgan fingerprint density at radius 1 is 1.44 bits per heavy atom. The van der Waals surface area contributed by atoms with Crippen LogP contribution in [0.1, 0.15) is 18.9 Å². The van der Waals surface area contributed by atoms with Crippen LogP contribution in [0.3, 0.4) is 0 Å². The van der Waals surface area contributed by atoms with Gasteiger partial charge in [0.15, 0.2) is 0 Å². The Morgan fingerprint density at radius 3 is 2.75 bits per heavy atom. The maximum atomic E-state index is 8.87. The predicted octanol–water partition coefficient (Wildman–Crippen LogP) is 2.12. The second-order valence-corrected chi connectivity index (χ2v) is 4.55. The van der Waals surface area contributed by atoms with Crippen molar-refractivity contribution in [3.8, 4) is 0 Å². The highest BCUT2D eigenvalue weighted by atomic mass is 79.9. The fraction of sp³-hybridized carbons (Fsp3) is 0.500. The number of hydrogen-bond acceptors (Lipinski definition) is 3. The van der Waals surface area contributed by atoms with Crippen LogP contribution in [0.4, 0.5) is 5.69 Å². The summed E-state index contributed by atoms with van der Waals surface area (Å²) in [5.74, 6) is 0. The Hall–Kier alpha value is -0.580. The highest BCUT2D eigenvalue weighted by molar-refractivity contribution is 9.10. The molecule has 0 radical (unpaired) electrons. The lowest BCUT2D eigenvalue weighted by Crippen LogP contribution is -2.26. The molecule has 0 aliphatic heterocycles. The van der Waals surface area contributed by atoms with Crippen LogP contribution in [0.2, 0.25) is 0 Å². The van der Waals surface area contributed by atoms with Crippen LogP contribution >= 0.6 is 15.9 Å². The van der Waals surface area contributed by atoms with Gasteiger partial charge in [-0.05, 0) is 37.1 Å². The van der Waals surface area contributed by atoms with Crippen molar-refractivity contribution >= 4 is 21.6 Å². The van der Waals surface area contributed by atoms with E-state index in [0.717, 1.165) is 29.5 Å². The SMILES string of the molecule is CCN(CCCO)c1ccc(Br)cc1CN. The molecule has 0 bridgehead atoms. The number of aliphatic hydroxyl groups is 1. The third-order valence-corrected chi connectivity index (χ3v) is 3.06. The van der Waals surface area contributed by atoms with Crippen LogP contribution in [0.25, 0.3) is 0 Å². The summed E-state index contributed by atoms with van der Waals surface area (Å²) in [4.78, 5) is 2.24. The number of nitrogens with two attached hydrogens (primary N) is 1. The topological polar surface area (TPSA) is 49.5 Å². The van der Waals surface area contributed by atoms with Gasteiger partial charge in [0, 0.05) is 36.4 Å². The predicted molar refractivity (Wildman–Crippen MR) is 71.6 cm³/mol. The largest absolute Gasteiger partial charge is 0.396 e. The minimum Gasteiger partial charge on any atom is -0.396 e. The monoisotopic (exact) mass is 286 g/mol. The summed E-state index contributed by atoms with van der Waals surface area (Å²) in [7, 11) is 0. The van der Waals surface area contributed by atoms with Crippen molar-refractivity contribution in [1.29, 1.82) is 0 Å². The van der Waals surface area contributed by atoms with Gasteiger partial charge in [0.2, 0.25) is 0 Å². The van der Waals surface area contributed by atoms with Crippen molar-refractivity contribution in [2.75, 3.05) is 24.6 Å². The van der Waals surface area contributed by atoms with Crippen LogP contribution in [-0.4, -0.2) is 24.8 Å². The number of halogens is 1. The minimum absolute atomic E-state index is 0.227. The Labute approximate surface area is 105 Å². The van der Waals surface area contributed by atoms with E-state index in [9.17, 15) is 0 Å². The van der Waals surface area contributed by atoms with Gasteiger partial charge in [0.05, 0.1) is 0 Å². The van der Waals surface area contributed by atoms with Gasteiger partial charge < -0.3 is 15.7 Å². The van der Waals surface area contributed by atoms with Gasteiger partial charge >= 0.3 is 0 Å². The second-order valence-electron chi connectivity index (χ2n) is 3.63. The second kappa shape index (κ2) is 6.89. The molecule has 0 heterocycles. The van der Waals surface area contributed by atoms with Crippen molar-refractivity contribution in [2.24, 2.45) is 5.73 Å². The fourth-order valence-electron chi connectivity index (χ4n) is 1.74. The average Bonchev–Trinajstić information content (AvgIpc) is 2.31. The minimum atomic E-state index is 0.227. The molecule has 1 aromatic rings. The van der Waals surface area contributed by atoms with Gasteiger partial charge in [-0.15, -0.1) is 0 Å². The molecule has 0 aliphatic rings. The van der Waals surface area contributed by atoms with Crippen LogP contribution in [0.5, 0.6) is 0 Å². The van der Waals surface area contributed by atoms with E-state index in [0.29, 0.717) is 6.54 Å². The Morgan fingerprint density at radius 2 is 2.19 bits per heavy atom. The Kier molecular flexibility index (Phi) is 5.80. The van der Waals surface area contributed by atoms with E-state index >= 15 is 0 Å². The third-order valence-electron chi connectivity index (χ3n) is 2.57. The molecule has 0 unspecified atom stereocenters. The standard InChI is InChI=1S/C12H19BrN2O/c1-2-15(6-3-7-16)12-5-4-11(13)8-10(12)9-14/h4-5,8,16H,2-3,6-7,9,14H2,1H3. The zero-order valence-corrected chi connectivity index (χ0v) is 11.2. The molecule has 0 atom stereocenters. The first kappa shape index (κ1) is 13.5. The lowest BCUT2D eigenvalue weighted by molar-refractivity contribution is 0.289. The van der Waals surface area contributed by atoms with Crippen molar-refractivity contribution in [1.82, 2.24) is 0 Å². The van der Waals surface area contributed by atoms with E-state index in [1.807, 2.05) is 6.07 Å². The van der Waals surface area contributed by atoms with E-state index < -0.39 is 0 Å². The average molecular weight is 287 g/mol. The number of hydrogen-bond donors (Lipinski definition) is 2. The van der Waals surface area contributed by atoms with Crippen LogP contribution < -0.4 is 10.6 Å². The molecule has 90 valence electrons. The molecule has 16 heavy (non-hydrogen) atoms. The summed E-state index contributed by atoms with van der Waals surface area (Å²) in [6.45, 7) is 4.66.